The average Bonchev–Trinajstić information content (AvgIpc) is 2.15. The zero-order valence-corrected chi connectivity index (χ0v) is 7.15. The zero-order chi connectivity index (χ0) is 9.84. The van der Waals surface area contributed by atoms with E-state index in [0.717, 1.165) is 0 Å². The van der Waals surface area contributed by atoms with Crippen LogP contribution in [0.2, 0.25) is 0 Å². The number of carbonyl (C=O) groups excluding carboxylic acids is 1. The Labute approximate surface area is 75.2 Å². The maximum Gasteiger partial charge on any atom is 0.356 e. The summed E-state index contributed by atoms with van der Waals surface area (Å²) in [6.07, 6.45) is 0. The van der Waals surface area contributed by atoms with Crippen LogP contribution in [0.5, 0.6) is 0 Å². The first-order valence-corrected chi connectivity index (χ1v) is 3.63. The van der Waals surface area contributed by atoms with E-state index >= 15 is 0 Å². The summed E-state index contributed by atoms with van der Waals surface area (Å²) in [6, 6.07) is 2.89. The lowest BCUT2D eigenvalue weighted by Gasteiger charge is -2.02. The van der Waals surface area contributed by atoms with Crippen molar-refractivity contribution in [3.63, 3.8) is 0 Å². The number of aliphatic hydroxyl groups excluding tert-OH is 1. The molecule has 13 heavy (non-hydrogen) atoms. The van der Waals surface area contributed by atoms with E-state index in [1.165, 1.54) is 19.2 Å². The molecule has 1 heterocycles. The van der Waals surface area contributed by atoms with Crippen LogP contribution in [0.25, 0.3) is 0 Å². The summed E-state index contributed by atoms with van der Waals surface area (Å²) in [5, 5.41) is 8.77. The molecule has 0 saturated heterocycles. The number of aromatic nitrogens is 1. The maximum absolute atomic E-state index is 11.0. The number of nitrogens with zero attached hydrogens (tertiary/aromatic N) is 1. The van der Waals surface area contributed by atoms with E-state index < -0.39 is 5.97 Å². The van der Waals surface area contributed by atoms with Crippen LogP contribution in [-0.4, -0.2) is 23.2 Å². The first kappa shape index (κ1) is 9.47. The van der Waals surface area contributed by atoms with Crippen LogP contribution in [0.4, 0.5) is 5.69 Å². The minimum absolute atomic E-state index is 0.103. The summed E-state index contributed by atoms with van der Waals surface area (Å²) in [5.74, 6) is -0.568. The minimum Gasteiger partial charge on any atom is -0.464 e. The van der Waals surface area contributed by atoms with Gasteiger partial charge in [0.2, 0.25) is 0 Å². The Kier molecular flexibility index (Phi) is 2.81. The van der Waals surface area contributed by atoms with Gasteiger partial charge in [0.05, 0.1) is 19.4 Å². The molecule has 0 atom stereocenters. The van der Waals surface area contributed by atoms with Gasteiger partial charge in [-0.15, -0.1) is 0 Å². The molecule has 0 radical (unpaired) electrons. The normalized spacial score (nSPS) is 9.69. The smallest absolute Gasteiger partial charge is 0.356 e. The molecule has 5 nitrogen and oxygen atoms in total. The molecule has 0 bridgehead atoms. The number of nitrogens with two attached hydrogens (primary N) is 1. The van der Waals surface area contributed by atoms with Gasteiger partial charge in [-0.2, -0.15) is 0 Å². The molecule has 0 unspecified atom stereocenters. The first-order chi connectivity index (χ1) is 6.17. The van der Waals surface area contributed by atoms with Gasteiger partial charge in [-0.25, -0.2) is 9.78 Å². The summed E-state index contributed by atoms with van der Waals surface area (Å²) < 4.78 is 4.45. The van der Waals surface area contributed by atoms with Gasteiger partial charge in [0.15, 0.2) is 5.69 Å². The molecule has 1 aromatic heterocycles. The molecule has 0 saturated carbocycles. The molecule has 0 aliphatic heterocycles. The molecule has 0 aliphatic rings. The second-order valence-electron chi connectivity index (χ2n) is 2.43. The number of aliphatic hydroxyl groups is 1. The van der Waals surface area contributed by atoms with Crippen molar-refractivity contribution in [2.24, 2.45) is 0 Å². The summed E-state index contributed by atoms with van der Waals surface area (Å²) in [7, 11) is 1.26. The predicted molar refractivity (Wildman–Crippen MR) is 45.9 cm³/mol. The molecule has 0 fully saturated rings. The van der Waals surface area contributed by atoms with Crippen molar-refractivity contribution < 1.29 is 14.6 Å². The second kappa shape index (κ2) is 3.86. The highest BCUT2D eigenvalue weighted by atomic mass is 16.5. The standard InChI is InChI=1S/C8H10N2O3/c1-13-8(12)7-3-5(9)2-6(4-11)10-7/h2-3,11H,4H2,1H3,(H2,9,10). The van der Waals surface area contributed by atoms with Crippen LogP contribution in [0, 0.1) is 0 Å². The van der Waals surface area contributed by atoms with Crippen molar-refractivity contribution >= 4 is 11.7 Å². The molecule has 0 aliphatic carbocycles. The number of pyridine rings is 1. The van der Waals surface area contributed by atoms with E-state index in [9.17, 15) is 4.79 Å². The molecule has 1 aromatic rings. The molecule has 1 rings (SSSR count). The number of rotatable bonds is 2. The van der Waals surface area contributed by atoms with Crippen LogP contribution in [0.3, 0.4) is 0 Å². The minimum atomic E-state index is -0.568. The summed E-state index contributed by atoms with van der Waals surface area (Å²) in [6.45, 7) is -0.255. The number of hydrogen-bond donors (Lipinski definition) is 2. The van der Waals surface area contributed by atoms with Gasteiger partial charge in [0, 0.05) is 5.69 Å². The van der Waals surface area contributed by atoms with Crippen LogP contribution in [0.1, 0.15) is 16.2 Å². The monoisotopic (exact) mass is 182 g/mol. The number of methoxy groups -OCH3 is 1. The molecule has 0 aromatic carbocycles. The Morgan fingerprint density at radius 1 is 1.69 bits per heavy atom. The second-order valence-corrected chi connectivity index (χ2v) is 2.43. The molecule has 0 amide bonds. The third-order valence-corrected chi connectivity index (χ3v) is 1.46. The zero-order valence-electron chi connectivity index (χ0n) is 7.15. The number of esters is 1. The van der Waals surface area contributed by atoms with Gasteiger partial charge in [-0.1, -0.05) is 0 Å². The predicted octanol–water partition coefficient (Wildman–Crippen LogP) is -0.0573. The largest absolute Gasteiger partial charge is 0.464 e. The van der Waals surface area contributed by atoms with Gasteiger partial charge in [0.1, 0.15) is 0 Å². The molecular weight excluding hydrogens is 172 g/mol. The fourth-order valence-electron chi connectivity index (χ4n) is 0.901. The summed E-state index contributed by atoms with van der Waals surface area (Å²) in [4.78, 5) is 14.8. The quantitative estimate of drug-likeness (QED) is 0.626. The van der Waals surface area contributed by atoms with E-state index in [0.29, 0.717) is 11.4 Å². The Balaban J connectivity index is 3.08. The number of hydrogen-bond acceptors (Lipinski definition) is 5. The Bertz CT molecular complexity index is 325. The van der Waals surface area contributed by atoms with Crippen molar-refractivity contribution in [1.29, 1.82) is 0 Å². The fraction of sp³-hybridized carbons (Fsp3) is 0.250. The third kappa shape index (κ3) is 2.16. The van der Waals surface area contributed by atoms with Crippen molar-refractivity contribution in [3.8, 4) is 0 Å². The van der Waals surface area contributed by atoms with Gasteiger partial charge < -0.3 is 15.6 Å². The van der Waals surface area contributed by atoms with Crippen LogP contribution < -0.4 is 5.73 Å². The lowest BCUT2D eigenvalue weighted by molar-refractivity contribution is 0.0593. The average molecular weight is 182 g/mol. The lowest BCUT2D eigenvalue weighted by Crippen LogP contribution is -2.07. The number of ether oxygens (including phenoxy) is 1. The van der Waals surface area contributed by atoms with E-state index in [2.05, 4.69) is 9.72 Å². The number of nitrogen functional groups attached to an aromatic ring is 1. The summed E-state index contributed by atoms with van der Waals surface area (Å²) in [5.41, 5.74) is 6.29. The Morgan fingerprint density at radius 3 is 2.92 bits per heavy atom. The third-order valence-electron chi connectivity index (χ3n) is 1.46. The maximum atomic E-state index is 11.0. The van der Waals surface area contributed by atoms with Crippen molar-refractivity contribution in [2.45, 2.75) is 6.61 Å². The Hall–Kier alpha value is -1.62. The van der Waals surface area contributed by atoms with E-state index in [-0.39, 0.29) is 12.3 Å². The van der Waals surface area contributed by atoms with Gasteiger partial charge in [-0.05, 0) is 12.1 Å². The number of carbonyl (C=O) groups is 1. The number of anilines is 1. The van der Waals surface area contributed by atoms with Crippen LogP contribution in [-0.2, 0) is 11.3 Å². The van der Waals surface area contributed by atoms with Crippen LogP contribution >= 0.6 is 0 Å². The van der Waals surface area contributed by atoms with Gasteiger partial charge in [-0.3, -0.25) is 0 Å². The van der Waals surface area contributed by atoms with E-state index in [1.807, 2.05) is 0 Å². The SMILES string of the molecule is COC(=O)c1cc(N)cc(CO)n1. The Morgan fingerprint density at radius 2 is 2.38 bits per heavy atom. The van der Waals surface area contributed by atoms with Gasteiger partial charge >= 0.3 is 5.97 Å². The highest BCUT2D eigenvalue weighted by Crippen LogP contribution is 2.08. The molecule has 70 valence electrons. The van der Waals surface area contributed by atoms with Crippen molar-refractivity contribution in [1.82, 2.24) is 4.98 Å². The topological polar surface area (TPSA) is 85.4 Å². The molecule has 5 heteroatoms. The van der Waals surface area contributed by atoms with Gasteiger partial charge in [0.25, 0.3) is 0 Å². The first-order valence-electron chi connectivity index (χ1n) is 3.63. The highest BCUT2D eigenvalue weighted by molar-refractivity contribution is 5.88. The van der Waals surface area contributed by atoms with E-state index in [1.54, 1.807) is 0 Å². The van der Waals surface area contributed by atoms with Crippen LogP contribution in [0.15, 0.2) is 12.1 Å². The molecular formula is C8H10N2O3. The van der Waals surface area contributed by atoms with Crippen molar-refractivity contribution in [3.05, 3.63) is 23.5 Å². The molecule has 3 N–H and O–H groups in total. The lowest BCUT2D eigenvalue weighted by atomic mass is 10.2. The summed E-state index contributed by atoms with van der Waals surface area (Å²) >= 11 is 0. The van der Waals surface area contributed by atoms with Crippen molar-refractivity contribution in [2.75, 3.05) is 12.8 Å². The van der Waals surface area contributed by atoms with E-state index in [4.69, 9.17) is 10.8 Å². The fourth-order valence-corrected chi connectivity index (χ4v) is 0.901. The highest BCUT2D eigenvalue weighted by Gasteiger charge is 2.08. The molecule has 0 spiro atoms.